The smallest absolute Gasteiger partial charge is 0.421 e. The van der Waals surface area contributed by atoms with Crippen molar-refractivity contribution in [1.82, 2.24) is 9.97 Å². The molecule has 1 aliphatic rings. The number of alkyl halides is 3. The van der Waals surface area contributed by atoms with Crippen LogP contribution < -0.4 is 9.64 Å². The van der Waals surface area contributed by atoms with E-state index in [0.29, 0.717) is 5.69 Å². The Balaban J connectivity index is 1.93. The number of benzene rings is 1. The zero-order valence-electron chi connectivity index (χ0n) is 14.3. The molecular weight excluding hydrogens is 350 g/mol. The van der Waals surface area contributed by atoms with E-state index in [1.54, 1.807) is 0 Å². The van der Waals surface area contributed by atoms with E-state index in [-0.39, 0.29) is 17.9 Å². The standard InChI is InChI=1S/C18H19F4N3O/c1-25(13-9-7-12(19)8-10-13)16-15(18(20,21)22)11-23-17(24-16)26-14-5-3-2-4-6-14/h7-11,14H,2-6H2,1H3. The van der Waals surface area contributed by atoms with Crippen molar-refractivity contribution in [3.8, 4) is 6.01 Å². The van der Waals surface area contributed by atoms with Crippen molar-refractivity contribution in [2.45, 2.75) is 44.4 Å². The molecule has 1 fully saturated rings. The Morgan fingerprint density at radius 2 is 1.73 bits per heavy atom. The minimum absolute atomic E-state index is 0.0751. The van der Waals surface area contributed by atoms with E-state index in [1.807, 2.05) is 0 Å². The van der Waals surface area contributed by atoms with Crippen molar-refractivity contribution in [1.29, 1.82) is 0 Å². The maximum Gasteiger partial charge on any atom is 0.421 e. The molecule has 1 aromatic carbocycles. The highest BCUT2D eigenvalue weighted by atomic mass is 19.4. The van der Waals surface area contributed by atoms with Gasteiger partial charge in [0.2, 0.25) is 0 Å². The van der Waals surface area contributed by atoms with Crippen molar-refractivity contribution < 1.29 is 22.3 Å². The van der Waals surface area contributed by atoms with Crippen molar-refractivity contribution in [2.75, 3.05) is 11.9 Å². The van der Waals surface area contributed by atoms with Crippen LogP contribution in [0.2, 0.25) is 0 Å². The van der Waals surface area contributed by atoms with E-state index < -0.39 is 17.6 Å². The number of rotatable bonds is 4. The molecular formula is C18H19F4N3O. The zero-order chi connectivity index (χ0) is 18.7. The Labute approximate surface area is 148 Å². The summed E-state index contributed by atoms with van der Waals surface area (Å²) in [7, 11) is 1.44. The van der Waals surface area contributed by atoms with Gasteiger partial charge in [-0.05, 0) is 49.9 Å². The first kappa shape index (κ1) is 18.4. The van der Waals surface area contributed by atoms with Crippen LogP contribution in [0.25, 0.3) is 0 Å². The third kappa shape index (κ3) is 4.23. The highest BCUT2D eigenvalue weighted by Gasteiger charge is 2.37. The largest absolute Gasteiger partial charge is 0.460 e. The van der Waals surface area contributed by atoms with Crippen molar-refractivity contribution >= 4 is 11.5 Å². The lowest BCUT2D eigenvalue weighted by atomic mass is 9.98. The second-order valence-corrected chi connectivity index (χ2v) is 6.30. The predicted molar refractivity (Wildman–Crippen MR) is 89.0 cm³/mol. The van der Waals surface area contributed by atoms with Gasteiger partial charge >= 0.3 is 12.2 Å². The highest BCUT2D eigenvalue weighted by Crippen LogP contribution is 2.38. The van der Waals surface area contributed by atoms with Gasteiger partial charge in [0.05, 0.1) is 0 Å². The molecule has 0 spiro atoms. The van der Waals surface area contributed by atoms with Gasteiger partial charge in [-0.3, -0.25) is 0 Å². The number of hydrogen-bond donors (Lipinski definition) is 0. The molecule has 0 bridgehead atoms. The third-order valence-electron chi connectivity index (χ3n) is 4.41. The molecule has 26 heavy (non-hydrogen) atoms. The minimum atomic E-state index is -4.62. The first-order valence-corrected chi connectivity index (χ1v) is 8.45. The molecule has 0 aliphatic heterocycles. The predicted octanol–water partition coefficient (Wildman–Crippen LogP) is 5.11. The lowest BCUT2D eigenvalue weighted by Crippen LogP contribution is -2.23. The van der Waals surface area contributed by atoms with Gasteiger partial charge < -0.3 is 9.64 Å². The molecule has 0 saturated heterocycles. The summed E-state index contributed by atoms with van der Waals surface area (Å²) in [4.78, 5) is 9.01. The Morgan fingerprint density at radius 1 is 1.08 bits per heavy atom. The van der Waals surface area contributed by atoms with Gasteiger partial charge in [0, 0.05) is 18.9 Å². The molecule has 140 valence electrons. The molecule has 0 radical (unpaired) electrons. The summed E-state index contributed by atoms with van der Waals surface area (Å²) >= 11 is 0. The van der Waals surface area contributed by atoms with Crippen LogP contribution in [0, 0.1) is 5.82 Å². The fourth-order valence-corrected chi connectivity index (χ4v) is 2.99. The number of anilines is 2. The summed E-state index contributed by atoms with van der Waals surface area (Å²) in [6.07, 6.45) is 0.895. The summed E-state index contributed by atoms with van der Waals surface area (Å²) in [5.74, 6) is -0.799. The van der Waals surface area contributed by atoms with Crippen LogP contribution in [0.15, 0.2) is 30.5 Å². The summed E-state index contributed by atoms with van der Waals surface area (Å²) < 4.78 is 58.9. The molecule has 0 atom stereocenters. The second kappa shape index (κ2) is 7.47. The minimum Gasteiger partial charge on any atom is -0.460 e. The number of aromatic nitrogens is 2. The molecule has 1 aliphatic carbocycles. The van der Waals surface area contributed by atoms with E-state index in [9.17, 15) is 17.6 Å². The fraction of sp³-hybridized carbons (Fsp3) is 0.444. The Morgan fingerprint density at radius 3 is 2.35 bits per heavy atom. The molecule has 0 N–H and O–H groups in total. The van der Waals surface area contributed by atoms with Gasteiger partial charge in [0.15, 0.2) is 5.82 Å². The lowest BCUT2D eigenvalue weighted by molar-refractivity contribution is -0.137. The van der Waals surface area contributed by atoms with Crippen LogP contribution in [0.1, 0.15) is 37.7 Å². The van der Waals surface area contributed by atoms with E-state index in [1.165, 1.54) is 36.2 Å². The molecule has 1 aromatic heterocycles. The van der Waals surface area contributed by atoms with Gasteiger partial charge in [-0.25, -0.2) is 9.37 Å². The summed E-state index contributed by atoms with van der Waals surface area (Å²) in [6.45, 7) is 0. The van der Waals surface area contributed by atoms with Gasteiger partial charge in [-0.1, -0.05) is 6.42 Å². The van der Waals surface area contributed by atoms with Crippen molar-refractivity contribution in [3.05, 3.63) is 41.8 Å². The monoisotopic (exact) mass is 369 g/mol. The Hall–Kier alpha value is -2.38. The van der Waals surface area contributed by atoms with Gasteiger partial charge in [0.25, 0.3) is 0 Å². The summed E-state index contributed by atoms with van der Waals surface area (Å²) in [5, 5.41) is 0. The van der Waals surface area contributed by atoms with Crippen LogP contribution in [0.5, 0.6) is 6.01 Å². The number of nitrogens with zero attached hydrogens (tertiary/aromatic N) is 3. The first-order chi connectivity index (χ1) is 12.3. The lowest BCUT2D eigenvalue weighted by Gasteiger charge is -2.25. The van der Waals surface area contributed by atoms with Crippen LogP contribution in [-0.4, -0.2) is 23.1 Å². The molecule has 1 saturated carbocycles. The Bertz CT molecular complexity index is 743. The highest BCUT2D eigenvalue weighted by molar-refractivity contribution is 5.62. The number of halogens is 4. The van der Waals surface area contributed by atoms with E-state index >= 15 is 0 Å². The van der Waals surface area contributed by atoms with E-state index in [0.717, 1.165) is 38.3 Å². The maximum absolute atomic E-state index is 13.4. The summed E-state index contributed by atoms with van der Waals surface area (Å²) in [5.41, 5.74) is -0.598. The van der Waals surface area contributed by atoms with Crippen LogP contribution >= 0.6 is 0 Å². The van der Waals surface area contributed by atoms with Crippen molar-refractivity contribution in [2.24, 2.45) is 0 Å². The maximum atomic E-state index is 13.4. The molecule has 4 nitrogen and oxygen atoms in total. The molecule has 2 aromatic rings. The average molecular weight is 369 g/mol. The molecule has 3 rings (SSSR count). The topological polar surface area (TPSA) is 38.2 Å². The van der Waals surface area contributed by atoms with Crippen LogP contribution in [0.4, 0.5) is 29.1 Å². The second-order valence-electron chi connectivity index (χ2n) is 6.30. The Kier molecular flexibility index (Phi) is 5.29. The fourth-order valence-electron chi connectivity index (χ4n) is 2.99. The number of ether oxygens (including phenoxy) is 1. The third-order valence-corrected chi connectivity index (χ3v) is 4.41. The normalized spacial score (nSPS) is 15.7. The van der Waals surface area contributed by atoms with E-state index in [4.69, 9.17) is 4.74 Å². The first-order valence-electron chi connectivity index (χ1n) is 8.45. The van der Waals surface area contributed by atoms with Crippen LogP contribution in [-0.2, 0) is 6.18 Å². The SMILES string of the molecule is CN(c1ccc(F)cc1)c1nc(OC2CCCCC2)ncc1C(F)(F)F. The summed E-state index contributed by atoms with van der Waals surface area (Å²) in [6, 6.07) is 5.06. The zero-order valence-corrected chi connectivity index (χ0v) is 14.3. The molecule has 0 unspecified atom stereocenters. The molecule has 8 heteroatoms. The van der Waals surface area contributed by atoms with Gasteiger partial charge in [0.1, 0.15) is 17.5 Å². The molecule has 0 amide bonds. The average Bonchev–Trinajstić information content (AvgIpc) is 2.61. The van der Waals surface area contributed by atoms with Crippen LogP contribution in [0.3, 0.4) is 0 Å². The molecule has 1 heterocycles. The van der Waals surface area contributed by atoms with Gasteiger partial charge in [-0.15, -0.1) is 0 Å². The van der Waals surface area contributed by atoms with E-state index in [2.05, 4.69) is 9.97 Å². The van der Waals surface area contributed by atoms with Crippen molar-refractivity contribution in [3.63, 3.8) is 0 Å². The van der Waals surface area contributed by atoms with Gasteiger partial charge in [-0.2, -0.15) is 18.2 Å². The number of hydrogen-bond acceptors (Lipinski definition) is 4. The quantitative estimate of drug-likeness (QED) is 0.702.